The van der Waals surface area contributed by atoms with Gasteiger partial charge < -0.3 is 44.1 Å². The zero-order chi connectivity index (χ0) is 34.4. The second-order valence-corrected chi connectivity index (χ2v) is 14.4. The van der Waals surface area contributed by atoms with Crippen molar-refractivity contribution in [2.45, 2.75) is 49.1 Å². The Labute approximate surface area is 297 Å². The molecule has 6 rings (SSSR count). The quantitative estimate of drug-likeness (QED) is 0.0781. The van der Waals surface area contributed by atoms with Crippen LogP contribution in [-0.4, -0.2) is 112 Å². The number of aromatic amines is 1. The maximum Gasteiger partial charge on any atom is 1.00 e. The molecule has 2 aliphatic rings. The Kier molecular flexibility index (Phi) is 11.4. The molecule has 5 N–H and O–H groups in total. The van der Waals surface area contributed by atoms with Crippen LogP contribution in [0.1, 0.15) is 12.5 Å². The number of hydrogen-bond donors (Lipinski definition) is 4. The van der Waals surface area contributed by atoms with Gasteiger partial charge in [0.15, 0.2) is 23.9 Å². The molecular formula is C24H30N9NaO13P2. The summed E-state index contributed by atoms with van der Waals surface area (Å²) in [5.74, 6) is 0.0894. The number of nitrogens with one attached hydrogen (secondary N) is 1. The van der Waals surface area contributed by atoms with Gasteiger partial charge in [0.2, 0.25) is 7.75 Å². The first-order valence-electron chi connectivity index (χ1n) is 14.1. The summed E-state index contributed by atoms with van der Waals surface area (Å²) in [7, 11) is -7.53. The van der Waals surface area contributed by atoms with Crippen molar-refractivity contribution < 1.29 is 81.6 Å². The Morgan fingerprint density at radius 3 is 2.43 bits per heavy atom. The standard InChI is InChI=1S/C24H31N9O13P2.Na/c1-41-19-18(46-47(2,38)42-7-12-16(35)17(36)22(44-12)32-5-3-14(34)30-24(32)37)13(8-43-48(39,40)31-6-4-26-10-31)45-23(19)33-11-29-15-20(25)27-9-28-21(15)33;/h3-6,9-13,16-19,22-23,35-36H,7-8H2,1-2H3,(H,39,40)(H2,25,27,28)(H,30,34,37);/q;+1/p-1/t12-,13-,16-,17-,18-,19-,22-,23-,47?;/m1./s1. The summed E-state index contributed by atoms with van der Waals surface area (Å²) >= 11 is 0. The number of hydrogen-bond acceptors (Lipinski definition) is 18. The molecule has 0 saturated carbocycles. The third-order valence-corrected chi connectivity index (χ3v) is 10.2. The summed E-state index contributed by atoms with van der Waals surface area (Å²) in [6.45, 7) is -0.109. The van der Waals surface area contributed by atoms with Gasteiger partial charge in [0.1, 0.15) is 54.8 Å². The molecule has 4 aromatic rings. The van der Waals surface area contributed by atoms with Gasteiger partial charge in [-0.3, -0.25) is 36.9 Å². The van der Waals surface area contributed by atoms with E-state index in [9.17, 15) is 33.8 Å². The van der Waals surface area contributed by atoms with Gasteiger partial charge in [-0.25, -0.2) is 24.7 Å². The van der Waals surface area contributed by atoms with Crippen molar-refractivity contribution in [3.63, 3.8) is 0 Å². The summed E-state index contributed by atoms with van der Waals surface area (Å²) < 4.78 is 63.7. The molecule has 0 spiro atoms. The Bertz CT molecular complexity index is 1980. The van der Waals surface area contributed by atoms with E-state index in [1.54, 1.807) is 0 Å². The predicted octanol–water partition coefficient (Wildman–Crippen LogP) is -5.05. The average molecular weight is 737 g/mol. The van der Waals surface area contributed by atoms with Gasteiger partial charge in [-0.1, -0.05) is 0 Å². The summed E-state index contributed by atoms with van der Waals surface area (Å²) in [6, 6.07) is 1.03. The molecule has 0 amide bonds. The topological polar surface area (TPSA) is 295 Å². The summed E-state index contributed by atoms with van der Waals surface area (Å²) in [6.07, 6.45) is -3.55. The number of nitrogen functional groups attached to an aromatic ring is 1. The second-order valence-electron chi connectivity index (χ2n) is 10.8. The fourth-order valence-corrected chi connectivity index (χ4v) is 7.37. The number of methoxy groups -OCH3 is 1. The smallest absolute Gasteiger partial charge is 0.761 e. The first-order chi connectivity index (χ1) is 22.8. The largest absolute Gasteiger partial charge is 1.00 e. The molecule has 10 atom stereocenters. The number of ether oxygens (including phenoxy) is 3. The van der Waals surface area contributed by atoms with Crippen LogP contribution in [0.2, 0.25) is 0 Å². The van der Waals surface area contributed by atoms with Gasteiger partial charge in [0.25, 0.3) is 5.56 Å². The van der Waals surface area contributed by atoms with Crippen LogP contribution < -0.4 is 51.4 Å². The van der Waals surface area contributed by atoms with Gasteiger partial charge in [-0.2, -0.15) is 0 Å². The van der Waals surface area contributed by atoms with Gasteiger partial charge in [-0.15, -0.1) is 0 Å². The van der Waals surface area contributed by atoms with E-state index in [0.717, 1.165) is 34.2 Å². The number of aromatic nitrogens is 8. The van der Waals surface area contributed by atoms with E-state index in [0.29, 0.717) is 0 Å². The Morgan fingerprint density at radius 1 is 1.00 bits per heavy atom. The zero-order valence-corrected chi connectivity index (χ0v) is 29.9. The van der Waals surface area contributed by atoms with Gasteiger partial charge in [-0.05, 0) is 0 Å². The number of nitrogens with two attached hydrogens (primary N) is 1. The van der Waals surface area contributed by atoms with Crippen molar-refractivity contribution in [3.8, 4) is 0 Å². The molecule has 0 radical (unpaired) electrons. The van der Waals surface area contributed by atoms with Crippen molar-refractivity contribution in [3.05, 3.63) is 64.5 Å². The maximum atomic E-state index is 13.7. The zero-order valence-electron chi connectivity index (χ0n) is 26.1. The van der Waals surface area contributed by atoms with Crippen molar-refractivity contribution in [1.82, 2.24) is 38.4 Å². The third kappa shape index (κ3) is 7.67. The van der Waals surface area contributed by atoms with E-state index in [1.165, 1.54) is 36.7 Å². The summed E-state index contributed by atoms with van der Waals surface area (Å²) in [4.78, 5) is 54.5. The van der Waals surface area contributed by atoms with E-state index in [1.807, 2.05) is 4.98 Å². The number of rotatable bonds is 12. The minimum absolute atomic E-state index is 0. The van der Waals surface area contributed by atoms with Crippen LogP contribution in [-0.2, 0) is 36.9 Å². The Balaban J connectivity index is 0.00000468. The molecule has 4 aromatic heterocycles. The molecular weight excluding hydrogens is 707 g/mol. The molecule has 2 fully saturated rings. The minimum Gasteiger partial charge on any atom is -0.761 e. The van der Waals surface area contributed by atoms with E-state index >= 15 is 0 Å². The molecule has 260 valence electrons. The summed E-state index contributed by atoms with van der Waals surface area (Å²) in [5, 5.41) is 21.1. The van der Waals surface area contributed by atoms with Gasteiger partial charge in [0, 0.05) is 38.4 Å². The van der Waals surface area contributed by atoms with E-state index < -0.39 is 88.9 Å². The summed E-state index contributed by atoms with van der Waals surface area (Å²) in [5.41, 5.74) is 4.86. The van der Waals surface area contributed by atoms with Crippen molar-refractivity contribution >= 4 is 32.3 Å². The van der Waals surface area contributed by atoms with Gasteiger partial charge in [0.05, 0.1) is 19.5 Å². The molecule has 0 bridgehead atoms. The third-order valence-electron chi connectivity index (χ3n) is 7.64. The number of anilines is 1. The van der Waals surface area contributed by atoms with E-state index in [2.05, 4.69) is 19.9 Å². The van der Waals surface area contributed by atoms with E-state index in [-0.39, 0.29) is 46.5 Å². The second kappa shape index (κ2) is 14.9. The fraction of sp³-hybridized carbons (Fsp3) is 0.500. The van der Waals surface area contributed by atoms with Crippen LogP contribution in [0.5, 0.6) is 0 Å². The number of H-pyrrole nitrogens is 1. The van der Waals surface area contributed by atoms with Crippen LogP contribution in [0.3, 0.4) is 0 Å². The number of imidazole rings is 2. The number of nitrogens with zero attached hydrogens (tertiary/aromatic N) is 7. The first-order valence-corrected chi connectivity index (χ1v) is 17.6. The van der Waals surface area contributed by atoms with Crippen molar-refractivity contribution in [2.75, 3.05) is 32.7 Å². The molecule has 22 nitrogen and oxygen atoms in total. The van der Waals surface area contributed by atoms with Crippen LogP contribution in [0.4, 0.5) is 5.82 Å². The minimum atomic E-state index is -4.70. The fourth-order valence-electron chi connectivity index (χ4n) is 5.32. The normalized spacial score (nSPS) is 29.4. The molecule has 49 heavy (non-hydrogen) atoms. The first kappa shape index (κ1) is 37.6. The average Bonchev–Trinajstić information content (AvgIpc) is 3.83. The van der Waals surface area contributed by atoms with Crippen LogP contribution in [0.25, 0.3) is 11.2 Å². The van der Waals surface area contributed by atoms with Crippen molar-refractivity contribution in [1.29, 1.82) is 0 Å². The Hall–Kier alpha value is -2.66. The molecule has 0 aliphatic carbocycles. The monoisotopic (exact) mass is 737 g/mol. The SMILES string of the molecule is CO[C@@H]1[C@H](OP(C)(=O)OC[C@H]2O[C@@H](n3ccc(=O)[nH]c3=O)[C@H](O)[C@@H]2O)[C@@H](COP(=O)([O-])n2ccnc2)O[C@H]1n1cnc2c(N)ncnc21.[Na+]. The van der Waals surface area contributed by atoms with E-state index in [4.69, 9.17) is 33.5 Å². The number of aliphatic hydroxyl groups is 2. The number of fused-ring (bicyclic) bond motifs is 1. The van der Waals surface area contributed by atoms with Crippen LogP contribution >= 0.6 is 15.3 Å². The molecule has 2 aliphatic heterocycles. The maximum absolute atomic E-state index is 13.7. The molecule has 0 aromatic carbocycles. The number of aliphatic hydroxyl groups excluding tert-OH is 2. The molecule has 2 unspecified atom stereocenters. The molecule has 6 heterocycles. The molecule has 25 heteroatoms. The van der Waals surface area contributed by atoms with Crippen molar-refractivity contribution in [2.24, 2.45) is 0 Å². The van der Waals surface area contributed by atoms with Crippen LogP contribution in [0.15, 0.2) is 53.2 Å². The molecule has 2 saturated heterocycles. The predicted molar refractivity (Wildman–Crippen MR) is 157 cm³/mol. The Morgan fingerprint density at radius 2 is 1.73 bits per heavy atom. The van der Waals surface area contributed by atoms with Crippen LogP contribution in [0, 0.1) is 0 Å². The van der Waals surface area contributed by atoms with Gasteiger partial charge >= 0.3 is 42.8 Å².